The molecule has 0 N–H and O–H groups in total. The van der Waals surface area contributed by atoms with Gasteiger partial charge < -0.3 is 4.74 Å². The van der Waals surface area contributed by atoms with Gasteiger partial charge >= 0.3 is 5.97 Å². The molecule has 2 rings (SSSR count). The van der Waals surface area contributed by atoms with Crippen molar-refractivity contribution < 1.29 is 9.53 Å². The van der Waals surface area contributed by atoms with Crippen LogP contribution in [0.25, 0.3) is 0 Å². The number of ether oxygens (including phenoxy) is 1. The molecule has 0 unspecified atom stereocenters. The largest absolute Gasteiger partial charge is 0.464 e. The Hall–Kier alpha value is -2.17. The van der Waals surface area contributed by atoms with Crippen LogP contribution in [0.5, 0.6) is 0 Å². The molecule has 0 aliphatic rings. The van der Waals surface area contributed by atoms with Crippen molar-refractivity contribution in [3.8, 4) is 0 Å². The van der Waals surface area contributed by atoms with E-state index in [2.05, 4.69) is 48.4 Å². The van der Waals surface area contributed by atoms with Crippen LogP contribution >= 0.6 is 0 Å². The number of benzene rings is 1. The lowest BCUT2D eigenvalue weighted by Gasteiger charge is -2.07. The van der Waals surface area contributed by atoms with Gasteiger partial charge in [-0.3, -0.25) is 0 Å². The summed E-state index contributed by atoms with van der Waals surface area (Å²) >= 11 is 0. The standard InChI is InChI=1S/C15H19N3O2/c1-4-5-13-14(15(19)20-3)16-17-18(13)10-12-8-6-11(2)7-9-12/h6-9H,4-5,10H2,1-3H3. The Kier molecular flexibility index (Phi) is 4.50. The SMILES string of the molecule is CCCc1c(C(=O)OC)nnn1Cc1ccc(C)cc1. The Morgan fingerprint density at radius 2 is 2.00 bits per heavy atom. The topological polar surface area (TPSA) is 57.0 Å². The quantitative estimate of drug-likeness (QED) is 0.785. The lowest BCUT2D eigenvalue weighted by atomic mass is 10.1. The molecule has 20 heavy (non-hydrogen) atoms. The van der Waals surface area contributed by atoms with Crippen molar-refractivity contribution in [3.63, 3.8) is 0 Å². The van der Waals surface area contributed by atoms with Gasteiger partial charge in [0.15, 0.2) is 5.69 Å². The van der Waals surface area contributed by atoms with Crippen molar-refractivity contribution in [1.82, 2.24) is 15.0 Å². The molecule has 5 nitrogen and oxygen atoms in total. The summed E-state index contributed by atoms with van der Waals surface area (Å²) in [6, 6.07) is 8.25. The Bertz CT molecular complexity index is 588. The number of aryl methyl sites for hydroxylation is 1. The Morgan fingerprint density at radius 1 is 1.30 bits per heavy atom. The van der Waals surface area contributed by atoms with Gasteiger partial charge in [0.2, 0.25) is 0 Å². The van der Waals surface area contributed by atoms with Gasteiger partial charge in [0.25, 0.3) is 0 Å². The molecule has 1 aromatic heterocycles. The third-order valence-electron chi connectivity index (χ3n) is 3.16. The molecule has 0 atom stereocenters. The molecule has 0 fully saturated rings. The van der Waals surface area contributed by atoms with Gasteiger partial charge in [-0.2, -0.15) is 0 Å². The maximum atomic E-state index is 11.7. The highest BCUT2D eigenvalue weighted by Crippen LogP contribution is 2.13. The van der Waals surface area contributed by atoms with Gasteiger partial charge in [0, 0.05) is 0 Å². The third kappa shape index (κ3) is 3.04. The van der Waals surface area contributed by atoms with Crippen LogP contribution in [0.3, 0.4) is 0 Å². The van der Waals surface area contributed by atoms with E-state index in [4.69, 9.17) is 4.74 Å². The number of nitrogens with zero attached hydrogens (tertiary/aromatic N) is 3. The number of carbonyl (C=O) groups is 1. The molecule has 1 heterocycles. The van der Waals surface area contributed by atoms with Crippen molar-refractivity contribution in [1.29, 1.82) is 0 Å². The van der Waals surface area contributed by atoms with E-state index in [0.717, 1.165) is 24.1 Å². The summed E-state index contributed by atoms with van der Waals surface area (Å²) < 4.78 is 6.53. The molecule has 1 aromatic carbocycles. The minimum atomic E-state index is -0.427. The maximum Gasteiger partial charge on any atom is 0.360 e. The fourth-order valence-corrected chi connectivity index (χ4v) is 2.07. The summed E-state index contributed by atoms with van der Waals surface area (Å²) in [5, 5.41) is 8.04. The molecule has 0 saturated heterocycles. The highest BCUT2D eigenvalue weighted by atomic mass is 16.5. The van der Waals surface area contributed by atoms with Crippen LogP contribution in [0, 0.1) is 6.92 Å². The molecule has 0 aliphatic carbocycles. The number of carbonyl (C=O) groups excluding carboxylic acids is 1. The predicted molar refractivity (Wildman–Crippen MR) is 75.6 cm³/mol. The molecule has 0 bridgehead atoms. The third-order valence-corrected chi connectivity index (χ3v) is 3.16. The van der Waals surface area contributed by atoms with Crippen LogP contribution in [0.2, 0.25) is 0 Å². The first-order valence-electron chi connectivity index (χ1n) is 6.72. The fraction of sp³-hybridized carbons (Fsp3) is 0.400. The van der Waals surface area contributed by atoms with Crippen LogP contribution in [0.15, 0.2) is 24.3 Å². The molecular weight excluding hydrogens is 254 g/mol. The van der Waals surface area contributed by atoms with E-state index < -0.39 is 5.97 Å². The summed E-state index contributed by atoms with van der Waals surface area (Å²) in [4.78, 5) is 11.7. The summed E-state index contributed by atoms with van der Waals surface area (Å²) in [5.41, 5.74) is 3.51. The average molecular weight is 273 g/mol. The summed E-state index contributed by atoms with van der Waals surface area (Å²) in [7, 11) is 1.36. The smallest absolute Gasteiger partial charge is 0.360 e. The summed E-state index contributed by atoms with van der Waals surface area (Å²) in [6.45, 7) is 4.72. The molecule has 2 aromatic rings. The van der Waals surface area contributed by atoms with E-state index in [1.807, 2.05) is 0 Å². The molecule has 0 aliphatic heterocycles. The van der Waals surface area contributed by atoms with E-state index in [1.165, 1.54) is 12.7 Å². The van der Waals surface area contributed by atoms with Gasteiger partial charge in [-0.05, 0) is 18.9 Å². The summed E-state index contributed by atoms with van der Waals surface area (Å²) in [6.07, 6.45) is 1.68. The number of methoxy groups -OCH3 is 1. The number of rotatable bonds is 5. The zero-order valence-electron chi connectivity index (χ0n) is 12.1. The van der Waals surface area contributed by atoms with E-state index >= 15 is 0 Å². The van der Waals surface area contributed by atoms with Crippen LogP contribution in [0.4, 0.5) is 0 Å². The highest BCUT2D eigenvalue weighted by Gasteiger charge is 2.19. The van der Waals surface area contributed by atoms with E-state index in [9.17, 15) is 4.79 Å². The lowest BCUT2D eigenvalue weighted by Crippen LogP contribution is -2.10. The zero-order valence-corrected chi connectivity index (χ0v) is 12.1. The normalized spacial score (nSPS) is 10.6. The van der Waals surface area contributed by atoms with Gasteiger partial charge in [-0.25, -0.2) is 9.48 Å². The number of esters is 1. The van der Waals surface area contributed by atoms with Crippen LogP contribution < -0.4 is 0 Å². The molecular formula is C15H19N3O2. The Labute approximate surface area is 118 Å². The Balaban J connectivity index is 2.29. The molecule has 0 radical (unpaired) electrons. The molecule has 5 heteroatoms. The number of aromatic nitrogens is 3. The van der Waals surface area contributed by atoms with Crippen molar-refractivity contribution in [2.24, 2.45) is 0 Å². The van der Waals surface area contributed by atoms with E-state index in [1.54, 1.807) is 4.68 Å². The number of hydrogen-bond acceptors (Lipinski definition) is 4. The van der Waals surface area contributed by atoms with Crippen LogP contribution in [0.1, 0.15) is 40.7 Å². The molecule has 0 amide bonds. The first-order chi connectivity index (χ1) is 9.65. The average Bonchev–Trinajstić information content (AvgIpc) is 2.84. The zero-order chi connectivity index (χ0) is 14.5. The molecule has 106 valence electrons. The van der Waals surface area contributed by atoms with Crippen molar-refractivity contribution in [2.45, 2.75) is 33.2 Å². The lowest BCUT2D eigenvalue weighted by molar-refractivity contribution is 0.0592. The van der Waals surface area contributed by atoms with Gasteiger partial charge in [-0.1, -0.05) is 48.4 Å². The minimum Gasteiger partial charge on any atom is -0.464 e. The van der Waals surface area contributed by atoms with Crippen molar-refractivity contribution in [3.05, 3.63) is 46.8 Å². The van der Waals surface area contributed by atoms with Crippen molar-refractivity contribution in [2.75, 3.05) is 7.11 Å². The first kappa shape index (κ1) is 14.2. The van der Waals surface area contributed by atoms with Crippen LogP contribution in [-0.4, -0.2) is 28.1 Å². The second-order valence-electron chi connectivity index (χ2n) is 4.77. The van der Waals surface area contributed by atoms with Crippen LogP contribution in [-0.2, 0) is 17.7 Å². The minimum absolute atomic E-state index is 0.321. The second-order valence-corrected chi connectivity index (χ2v) is 4.77. The summed E-state index contributed by atoms with van der Waals surface area (Å²) in [5.74, 6) is -0.427. The highest BCUT2D eigenvalue weighted by molar-refractivity contribution is 5.88. The van der Waals surface area contributed by atoms with Gasteiger partial charge in [0.05, 0.1) is 19.3 Å². The van der Waals surface area contributed by atoms with Gasteiger partial charge in [0.1, 0.15) is 0 Å². The Morgan fingerprint density at radius 3 is 2.60 bits per heavy atom. The first-order valence-corrected chi connectivity index (χ1v) is 6.72. The maximum absolute atomic E-state index is 11.7. The monoisotopic (exact) mass is 273 g/mol. The van der Waals surface area contributed by atoms with Crippen molar-refractivity contribution >= 4 is 5.97 Å². The van der Waals surface area contributed by atoms with Gasteiger partial charge in [-0.15, -0.1) is 5.10 Å². The molecule has 0 spiro atoms. The predicted octanol–water partition coefficient (Wildman–Crippen LogP) is 2.37. The van der Waals surface area contributed by atoms with E-state index in [0.29, 0.717) is 12.2 Å². The number of hydrogen-bond donors (Lipinski definition) is 0. The molecule has 0 saturated carbocycles. The van der Waals surface area contributed by atoms with E-state index in [-0.39, 0.29) is 0 Å². The second kappa shape index (κ2) is 6.32. The fourth-order valence-electron chi connectivity index (χ4n) is 2.07.